The van der Waals surface area contributed by atoms with Crippen LogP contribution in [0.15, 0.2) is 18.2 Å². The molecule has 0 bridgehead atoms. The zero-order chi connectivity index (χ0) is 13.7. The summed E-state index contributed by atoms with van der Waals surface area (Å²) in [5.41, 5.74) is 0.430. The number of carbonyl (C=O) groups excluding carboxylic acids is 1. The van der Waals surface area contributed by atoms with Crippen LogP contribution >= 0.6 is 22.6 Å². The minimum Gasteiger partial charge on any atom is -0.394 e. The molecule has 0 aromatic heterocycles. The lowest BCUT2D eigenvalue weighted by molar-refractivity contribution is 0.0907. The molecular formula is C13H17FINO2. The van der Waals surface area contributed by atoms with E-state index in [9.17, 15) is 14.3 Å². The Balaban J connectivity index is 2.74. The summed E-state index contributed by atoms with van der Waals surface area (Å²) >= 11 is 1.92. The van der Waals surface area contributed by atoms with Crippen molar-refractivity contribution in [2.45, 2.75) is 26.3 Å². The first-order valence-electron chi connectivity index (χ1n) is 5.80. The van der Waals surface area contributed by atoms with E-state index in [1.165, 1.54) is 18.2 Å². The van der Waals surface area contributed by atoms with Crippen molar-refractivity contribution in [3.8, 4) is 0 Å². The highest BCUT2D eigenvalue weighted by Crippen LogP contribution is 2.14. The number of aliphatic hydroxyl groups is 1. The summed E-state index contributed by atoms with van der Waals surface area (Å²) in [6, 6.07) is 3.76. The molecule has 0 aliphatic rings. The molecule has 0 heterocycles. The molecule has 1 unspecified atom stereocenters. The molecule has 0 fully saturated rings. The zero-order valence-electron chi connectivity index (χ0n) is 10.4. The van der Waals surface area contributed by atoms with Gasteiger partial charge in [0, 0.05) is 3.57 Å². The third-order valence-corrected chi connectivity index (χ3v) is 3.38. The van der Waals surface area contributed by atoms with E-state index in [1.807, 2.05) is 36.4 Å². The van der Waals surface area contributed by atoms with Gasteiger partial charge in [-0.3, -0.25) is 4.79 Å². The van der Waals surface area contributed by atoms with Crippen LogP contribution in [0.2, 0.25) is 0 Å². The van der Waals surface area contributed by atoms with Crippen LogP contribution in [0.4, 0.5) is 4.39 Å². The summed E-state index contributed by atoms with van der Waals surface area (Å²) in [4.78, 5) is 12.0. The van der Waals surface area contributed by atoms with Crippen LogP contribution in [0.3, 0.4) is 0 Å². The third-order valence-electron chi connectivity index (χ3n) is 2.49. The van der Waals surface area contributed by atoms with Crippen LogP contribution in [0.1, 0.15) is 30.6 Å². The predicted octanol–water partition coefficient (Wildman–Crippen LogP) is 2.57. The molecule has 0 aliphatic heterocycles. The van der Waals surface area contributed by atoms with Gasteiger partial charge < -0.3 is 10.4 Å². The first kappa shape index (κ1) is 15.4. The number of nitrogens with one attached hydrogen (secondary N) is 1. The fourth-order valence-electron chi connectivity index (χ4n) is 1.68. The predicted molar refractivity (Wildman–Crippen MR) is 76.9 cm³/mol. The Kier molecular flexibility index (Phi) is 6.01. The Morgan fingerprint density at radius 1 is 1.50 bits per heavy atom. The number of benzene rings is 1. The summed E-state index contributed by atoms with van der Waals surface area (Å²) in [5.74, 6) is -0.259. The van der Waals surface area contributed by atoms with Crippen molar-refractivity contribution < 1.29 is 14.3 Å². The molecule has 1 aromatic carbocycles. The lowest BCUT2D eigenvalue weighted by Crippen LogP contribution is -2.38. The van der Waals surface area contributed by atoms with E-state index in [0.29, 0.717) is 21.5 Å². The van der Waals surface area contributed by atoms with Crippen molar-refractivity contribution >= 4 is 28.5 Å². The standard InChI is InChI=1S/C13H17FINO2/c1-8(2)5-10(7-17)16-13(18)11-4-3-9(14)6-12(11)15/h3-4,6,8,10,17H,5,7H2,1-2H3,(H,16,18). The van der Waals surface area contributed by atoms with Gasteiger partial charge in [0.1, 0.15) is 5.82 Å². The molecule has 2 N–H and O–H groups in total. The molecule has 5 heteroatoms. The van der Waals surface area contributed by atoms with Crippen LogP contribution in [0, 0.1) is 15.3 Å². The van der Waals surface area contributed by atoms with E-state index in [4.69, 9.17) is 0 Å². The average molecular weight is 365 g/mol. The number of carbonyl (C=O) groups is 1. The summed E-state index contributed by atoms with van der Waals surface area (Å²) in [6.45, 7) is 3.95. The van der Waals surface area contributed by atoms with Gasteiger partial charge in [-0.2, -0.15) is 0 Å². The van der Waals surface area contributed by atoms with Gasteiger partial charge >= 0.3 is 0 Å². The Bertz CT molecular complexity index is 423. The van der Waals surface area contributed by atoms with Crippen molar-refractivity contribution in [2.24, 2.45) is 5.92 Å². The lowest BCUT2D eigenvalue weighted by Gasteiger charge is -2.18. The second kappa shape index (κ2) is 7.04. The van der Waals surface area contributed by atoms with Gasteiger partial charge in [-0.05, 0) is 53.1 Å². The SMILES string of the molecule is CC(C)CC(CO)NC(=O)c1ccc(F)cc1I. The maximum atomic E-state index is 12.9. The van der Waals surface area contributed by atoms with E-state index in [1.54, 1.807) is 0 Å². The Labute approximate surface area is 120 Å². The van der Waals surface area contributed by atoms with Gasteiger partial charge in [-0.25, -0.2) is 4.39 Å². The van der Waals surface area contributed by atoms with Gasteiger partial charge in [-0.15, -0.1) is 0 Å². The second-order valence-electron chi connectivity index (χ2n) is 4.61. The number of hydrogen-bond donors (Lipinski definition) is 2. The molecule has 0 radical (unpaired) electrons. The van der Waals surface area contributed by atoms with E-state index < -0.39 is 0 Å². The van der Waals surface area contributed by atoms with E-state index in [-0.39, 0.29) is 24.4 Å². The Hall–Kier alpha value is -0.690. The number of hydrogen-bond acceptors (Lipinski definition) is 2. The van der Waals surface area contributed by atoms with Crippen molar-refractivity contribution in [3.63, 3.8) is 0 Å². The maximum absolute atomic E-state index is 12.9. The molecule has 1 amide bonds. The summed E-state index contributed by atoms with van der Waals surface area (Å²) in [7, 11) is 0. The molecule has 3 nitrogen and oxygen atoms in total. The second-order valence-corrected chi connectivity index (χ2v) is 5.77. The highest BCUT2D eigenvalue weighted by molar-refractivity contribution is 14.1. The number of aliphatic hydroxyl groups excluding tert-OH is 1. The van der Waals surface area contributed by atoms with Gasteiger partial charge in [0.25, 0.3) is 5.91 Å². The Morgan fingerprint density at radius 2 is 2.17 bits per heavy atom. The van der Waals surface area contributed by atoms with Gasteiger partial charge in [0.05, 0.1) is 18.2 Å². The first-order chi connectivity index (χ1) is 8.43. The number of halogens is 2. The molecular weight excluding hydrogens is 348 g/mol. The van der Waals surface area contributed by atoms with Gasteiger partial charge in [-0.1, -0.05) is 13.8 Å². The normalized spacial score (nSPS) is 12.6. The Morgan fingerprint density at radius 3 is 2.67 bits per heavy atom. The molecule has 0 saturated heterocycles. The smallest absolute Gasteiger partial charge is 0.252 e. The molecule has 100 valence electrons. The number of rotatable bonds is 5. The summed E-state index contributed by atoms with van der Waals surface area (Å²) < 4.78 is 13.5. The average Bonchev–Trinajstić information content (AvgIpc) is 2.27. The highest BCUT2D eigenvalue weighted by atomic mass is 127. The third kappa shape index (κ3) is 4.53. The van der Waals surface area contributed by atoms with Crippen LogP contribution < -0.4 is 5.32 Å². The van der Waals surface area contributed by atoms with Gasteiger partial charge in [0.2, 0.25) is 0 Å². The van der Waals surface area contributed by atoms with E-state index >= 15 is 0 Å². The maximum Gasteiger partial charge on any atom is 0.252 e. The van der Waals surface area contributed by atoms with Crippen LogP contribution in [-0.2, 0) is 0 Å². The van der Waals surface area contributed by atoms with E-state index in [2.05, 4.69) is 5.32 Å². The minimum atomic E-state index is -0.364. The lowest BCUT2D eigenvalue weighted by atomic mass is 10.0. The minimum absolute atomic E-state index is 0.0955. The fourth-order valence-corrected chi connectivity index (χ4v) is 2.41. The molecule has 1 aromatic rings. The first-order valence-corrected chi connectivity index (χ1v) is 6.88. The topological polar surface area (TPSA) is 49.3 Å². The molecule has 0 aliphatic carbocycles. The molecule has 18 heavy (non-hydrogen) atoms. The van der Waals surface area contributed by atoms with E-state index in [0.717, 1.165) is 0 Å². The zero-order valence-corrected chi connectivity index (χ0v) is 12.6. The summed E-state index contributed by atoms with van der Waals surface area (Å²) in [5, 5.41) is 12.0. The fraction of sp³-hybridized carbons (Fsp3) is 0.462. The van der Waals surface area contributed by atoms with Crippen molar-refractivity contribution in [1.82, 2.24) is 5.32 Å². The molecule has 1 atom stereocenters. The largest absolute Gasteiger partial charge is 0.394 e. The van der Waals surface area contributed by atoms with Crippen LogP contribution in [0.5, 0.6) is 0 Å². The van der Waals surface area contributed by atoms with Crippen LogP contribution in [-0.4, -0.2) is 23.7 Å². The molecule has 0 saturated carbocycles. The van der Waals surface area contributed by atoms with Crippen LogP contribution in [0.25, 0.3) is 0 Å². The molecule has 1 rings (SSSR count). The van der Waals surface area contributed by atoms with Crippen molar-refractivity contribution in [3.05, 3.63) is 33.1 Å². The molecule has 0 spiro atoms. The monoisotopic (exact) mass is 365 g/mol. The van der Waals surface area contributed by atoms with Crippen molar-refractivity contribution in [1.29, 1.82) is 0 Å². The van der Waals surface area contributed by atoms with Gasteiger partial charge in [0.15, 0.2) is 0 Å². The summed E-state index contributed by atoms with van der Waals surface area (Å²) in [6.07, 6.45) is 0.708. The quantitative estimate of drug-likeness (QED) is 0.789. The highest BCUT2D eigenvalue weighted by Gasteiger charge is 2.16. The van der Waals surface area contributed by atoms with Crippen molar-refractivity contribution in [2.75, 3.05) is 6.61 Å². The number of amides is 1.